The van der Waals surface area contributed by atoms with E-state index < -0.39 is 0 Å². The standard InChI is InChI=1S/C13H16BrFN2O/c1-8-6-10(15)9(14)7-12(8)17-11-4-2-3-5-16-13(11)18/h6-7,11,17H,2-5H2,1H3,(H,16,18). The molecule has 2 rings (SSSR count). The largest absolute Gasteiger partial charge is 0.373 e. The number of aryl methyl sites for hydroxylation is 1. The highest BCUT2D eigenvalue weighted by Crippen LogP contribution is 2.25. The number of benzene rings is 1. The summed E-state index contributed by atoms with van der Waals surface area (Å²) in [6, 6.07) is 2.91. The number of carbonyl (C=O) groups is 1. The fourth-order valence-electron chi connectivity index (χ4n) is 2.07. The molecular weight excluding hydrogens is 299 g/mol. The van der Waals surface area contributed by atoms with E-state index >= 15 is 0 Å². The van der Waals surface area contributed by atoms with Gasteiger partial charge in [-0.3, -0.25) is 4.79 Å². The summed E-state index contributed by atoms with van der Waals surface area (Å²) in [5.41, 5.74) is 1.60. The lowest BCUT2D eigenvalue weighted by atomic mass is 10.1. The van der Waals surface area contributed by atoms with Crippen LogP contribution in [0, 0.1) is 12.7 Å². The second-order valence-corrected chi connectivity index (χ2v) is 5.42. The third kappa shape index (κ3) is 3.02. The number of anilines is 1. The summed E-state index contributed by atoms with van der Waals surface area (Å²) in [6.45, 7) is 2.57. The van der Waals surface area contributed by atoms with Crippen LogP contribution < -0.4 is 10.6 Å². The SMILES string of the molecule is Cc1cc(F)c(Br)cc1NC1CCCCNC1=O. The molecule has 1 saturated heterocycles. The molecule has 3 nitrogen and oxygen atoms in total. The zero-order chi connectivity index (χ0) is 13.1. The Labute approximate surface area is 114 Å². The molecule has 5 heteroatoms. The van der Waals surface area contributed by atoms with E-state index in [0.29, 0.717) is 4.47 Å². The molecule has 1 aliphatic rings. The van der Waals surface area contributed by atoms with E-state index in [1.165, 1.54) is 6.07 Å². The Balaban J connectivity index is 2.17. The average Bonchev–Trinajstić information content (AvgIpc) is 2.52. The second-order valence-electron chi connectivity index (χ2n) is 4.56. The lowest BCUT2D eigenvalue weighted by molar-refractivity contribution is -0.121. The monoisotopic (exact) mass is 314 g/mol. The van der Waals surface area contributed by atoms with E-state index in [-0.39, 0.29) is 17.8 Å². The number of hydrogen-bond acceptors (Lipinski definition) is 2. The van der Waals surface area contributed by atoms with Gasteiger partial charge in [0.2, 0.25) is 5.91 Å². The van der Waals surface area contributed by atoms with Gasteiger partial charge in [0.15, 0.2) is 0 Å². The zero-order valence-electron chi connectivity index (χ0n) is 10.2. The van der Waals surface area contributed by atoms with Gasteiger partial charge >= 0.3 is 0 Å². The number of hydrogen-bond donors (Lipinski definition) is 2. The van der Waals surface area contributed by atoms with Crippen molar-refractivity contribution in [2.24, 2.45) is 0 Å². The van der Waals surface area contributed by atoms with Gasteiger partial charge in [-0.1, -0.05) is 0 Å². The van der Waals surface area contributed by atoms with Gasteiger partial charge in [0.25, 0.3) is 0 Å². The predicted molar refractivity (Wildman–Crippen MR) is 73.1 cm³/mol. The Morgan fingerprint density at radius 3 is 3.00 bits per heavy atom. The van der Waals surface area contributed by atoms with Crippen LogP contribution in [0.15, 0.2) is 16.6 Å². The van der Waals surface area contributed by atoms with Crippen LogP contribution in [0.4, 0.5) is 10.1 Å². The molecule has 0 aliphatic carbocycles. The highest BCUT2D eigenvalue weighted by molar-refractivity contribution is 9.10. The van der Waals surface area contributed by atoms with E-state index in [9.17, 15) is 9.18 Å². The molecular formula is C13H16BrFN2O. The van der Waals surface area contributed by atoms with E-state index in [2.05, 4.69) is 26.6 Å². The van der Waals surface area contributed by atoms with Gasteiger partial charge < -0.3 is 10.6 Å². The molecule has 0 aromatic heterocycles. The summed E-state index contributed by atoms with van der Waals surface area (Å²) in [4.78, 5) is 11.8. The second kappa shape index (κ2) is 5.69. The Morgan fingerprint density at radius 1 is 1.44 bits per heavy atom. The van der Waals surface area contributed by atoms with Crippen molar-refractivity contribution in [3.8, 4) is 0 Å². The van der Waals surface area contributed by atoms with Crippen molar-refractivity contribution >= 4 is 27.5 Å². The Bertz CT molecular complexity index is 465. The molecule has 18 heavy (non-hydrogen) atoms. The first-order valence-electron chi connectivity index (χ1n) is 6.08. The molecule has 0 bridgehead atoms. The van der Waals surface area contributed by atoms with Crippen LogP contribution in [0.1, 0.15) is 24.8 Å². The Hall–Kier alpha value is -1.10. The van der Waals surface area contributed by atoms with Gasteiger partial charge in [-0.2, -0.15) is 0 Å². The number of carbonyl (C=O) groups excluding carboxylic acids is 1. The zero-order valence-corrected chi connectivity index (χ0v) is 11.8. The maximum atomic E-state index is 13.3. The van der Waals surface area contributed by atoms with Crippen molar-refractivity contribution in [3.05, 3.63) is 28.0 Å². The molecule has 0 spiro atoms. The van der Waals surface area contributed by atoms with Crippen molar-refractivity contribution < 1.29 is 9.18 Å². The Morgan fingerprint density at radius 2 is 2.22 bits per heavy atom. The summed E-state index contributed by atoms with van der Waals surface area (Å²) in [5.74, 6) is -0.268. The van der Waals surface area contributed by atoms with Crippen LogP contribution in [-0.2, 0) is 4.79 Å². The minimum atomic E-state index is -0.289. The van der Waals surface area contributed by atoms with Crippen molar-refractivity contribution in [3.63, 3.8) is 0 Å². The molecule has 1 fully saturated rings. The maximum Gasteiger partial charge on any atom is 0.242 e. The minimum absolute atomic E-state index is 0.0207. The predicted octanol–water partition coefficient (Wildman–Crippen LogP) is 2.98. The molecule has 1 atom stereocenters. The average molecular weight is 315 g/mol. The van der Waals surface area contributed by atoms with E-state index in [1.54, 1.807) is 6.07 Å². The maximum absolute atomic E-state index is 13.3. The van der Waals surface area contributed by atoms with Crippen LogP contribution in [-0.4, -0.2) is 18.5 Å². The first-order valence-corrected chi connectivity index (χ1v) is 6.87. The summed E-state index contributed by atoms with van der Waals surface area (Å²) in [6.07, 6.45) is 2.83. The highest BCUT2D eigenvalue weighted by atomic mass is 79.9. The van der Waals surface area contributed by atoms with Gasteiger partial charge in [0.05, 0.1) is 4.47 Å². The molecule has 98 valence electrons. The third-order valence-electron chi connectivity index (χ3n) is 3.13. The Kier molecular flexibility index (Phi) is 4.22. The fourth-order valence-corrected chi connectivity index (χ4v) is 2.41. The van der Waals surface area contributed by atoms with Gasteiger partial charge in [-0.05, 0) is 59.8 Å². The van der Waals surface area contributed by atoms with Crippen molar-refractivity contribution in [2.45, 2.75) is 32.2 Å². The quantitative estimate of drug-likeness (QED) is 0.881. The van der Waals surface area contributed by atoms with E-state index in [4.69, 9.17) is 0 Å². The van der Waals surface area contributed by atoms with E-state index in [1.807, 2.05) is 6.92 Å². The summed E-state index contributed by atoms with van der Waals surface area (Å²) < 4.78 is 13.7. The number of halogens is 2. The first kappa shape index (κ1) is 13.3. The van der Waals surface area contributed by atoms with Crippen molar-refractivity contribution in [1.29, 1.82) is 0 Å². The van der Waals surface area contributed by atoms with Crippen molar-refractivity contribution in [2.75, 3.05) is 11.9 Å². The van der Waals surface area contributed by atoms with Crippen molar-refractivity contribution in [1.82, 2.24) is 5.32 Å². The summed E-state index contributed by atoms with van der Waals surface area (Å²) in [7, 11) is 0. The molecule has 1 heterocycles. The summed E-state index contributed by atoms with van der Waals surface area (Å²) >= 11 is 3.16. The molecule has 1 aliphatic heterocycles. The van der Waals surface area contributed by atoms with Crippen LogP contribution in [0.3, 0.4) is 0 Å². The molecule has 1 unspecified atom stereocenters. The van der Waals surface area contributed by atoms with Gasteiger partial charge in [-0.15, -0.1) is 0 Å². The fraction of sp³-hybridized carbons (Fsp3) is 0.462. The molecule has 1 aromatic rings. The lowest BCUT2D eigenvalue weighted by Crippen LogP contribution is -2.38. The van der Waals surface area contributed by atoms with E-state index in [0.717, 1.165) is 37.1 Å². The molecule has 1 aromatic carbocycles. The normalized spacial score (nSPS) is 20.2. The molecule has 0 saturated carbocycles. The number of rotatable bonds is 2. The topological polar surface area (TPSA) is 41.1 Å². The summed E-state index contributed by atoms with van der Waals surface area (Å²) in [5, 5.41) is 6.07. The number of amides is 1. The molecule has 1 amide bonds. The van der Waals surface area contributed by atoms with Gasteiger partial charge in [0, 0.05) is 12.2 Å². The third-order valence-corrected chi connectivity index (χ3v) is 3.74. The smallest absolute Gasteiger partial charge is 0.242 e. The van der Waals surface area contributed by atoms with Gasteiger partial charge in [0.1, 0.15) is 11.9 Å². The highest BCUT2D eigenvalue weighted by Gasteiger charge is 2.21. The van der Waals surface area contributed by atoms with Crippen LogP contribution >= 0.6 is 15.9 Å². The lowest BCUT2D eigenvalue weighted by Gasteiger charge is -2.18. The van der Waals surface area contributed by atoms with Gasteiger partial charge in [-0.25, -0.2) is 4.39 Å². The molecule has 0 radical (unpaired) electrons. The van der Waals surface area contributed by atoms with Crippen LogP contribution in [0.2, 0.25) is 0 Å². The van der Waals surface area contributed by atoms with Crippen LogP contribution in [0.5, 0.6) is 0 Å². The van der Waals surface area contributed by atoms with Crippen LogP contribution in [0.25, 0.3) is 0 Å². The first-order chi connectivity index (χ1) is 8.58. The molecule has 2 N–H and O–H groups in total. The number of nitrogens with one attached hydrogen (secondary N) is 2. The minimum Gasteiger partial charge on any atom is -0.373 e.